The predicted octanol–water partition coefficient (Wildman–Crippen LogP) is 3.37. The van der Waals surface area contributed by atoms with Gasteiger partial charge < -0.3 is 10.5 Å². The van der Waals surface area contributed by atoms with E-state index >= 15 is 0 Å². The molecule has 0 fully saturated rings. The highest BCUT2D eigenvalue weighted by molar-refractivity contribution is 7.99. The average molecular weight is 257 g/mol. The Morgan fingerprint density at radius 3 is 2.88 bits per heavy atom. The van der Waals surface area contributed by atoms with Crippen LogP contribution in [0.15, 0.2) is 18.2 Å². The Balaban J connectivity index is 2.52. The van der Waals surface area contributed by atoms with Gasteiger partial charge in [0.2, 0.25) is 0 Å². The van der Waals surface area contributed by atoms with Gasteiger partial charge in [0, 0.05) is 11.6 Å². The summed E-state index contributed by atoms with van der Waals surface area (Å²) < 4.78 is 18.7. The molecule has 0 saturated carbocycles. The van der Waals surface area contributed by atoms with Crippen molar-refractivity contribution in [2.24, 2.45) is 5.73 Å². The normalized spacial score (nSPS) is 12.5. The maximum atomic E-state index is 13.1. The molecule has 0 amide bonds. The van der Waals surface area contributed by atoms with Gasteiger partial charge in [-0.15, -0.1) is 0 Å². The van der Waals surface area contributed by atoms with Crippen LogP contribution in [-0.2, 0) is 0 Å². The first-order valence-electron chi connectivity index (χ1n) is 5.90. The van der Waals surface area contributed by atoms with E-state index in [-0.39, 0.29) is 11.9 Å². The molecule has 4 heteroatoms. The van der Waals surface area contributed by atoms with Crippen LogP contribution in [0.3, 0.4) is 0 Å². The molecule has 0 heterocycles. The van der Waals surface area contributed by atoms with Crippen molar-refractivity contribution in [2.75, 3.05) is 18.1 Å². The predicted molar refractivity (Wildman–Crippen MR) is 72.1 cm³/mol. The Kier molecular flexibility index (Phi) is 6.37. The lowest BCUT2D eigenvalue weighted by molar-refractivity contribution is 0.313. The summed E-state index contributed by atoms with van der Waals surface area (Å²) in [7, 11) is 0. The van der Waals surface area contributed by atoms with Crippen molar-refractivity contribution in [3.05, 3.63) is 29.6 Å². The largest absolute Gasteiger partial charge is 0.493 e. The second-order valence-corrected chi connectivity index (χ2v) is 5.26. The van der Waals surface area contributed by atoms with E-state index in [1.807, 2.05) is 18.7 Å². The van der Waals surface area contributed by atoms with Crippen molar-refractivity contribution in [1.29, 1.82) is 0 Å². The highest BCUT2D eigenvalue weighted by atomic mass is 32.2. The molecule has 0 spiro atoms. The molecule has 0 aliphatic heterocycles. The summed E-state index contributed by atoms with van der Waals surface area (Å²) in [5.74, 6) is 2.64. The molecule has 2 nitrogen and oxygen atoms in total. The number of hydrogen-bond donors (Lipinski definition) is 1. The molecule has 0 bridgehead atoms. The molecule has 1 unspecified atom stereocenters. The van der Waals surface area contributed by atoms with Gasteiger partial charge in [-0.3, -0.25) is 0 Å². The summed E-state index contributed by atoms with van der Waals surface area (Å²) >= 11 is 1.89. The monoisotopic (exact) mass is 257 g/mol. The van der Waals surface area contributed by atoms with Gasteiger partial charge in [-0.2, -0.15) is 11.8 Å². The van der Waals surface area contributed by atoms with E-state index in [0.717, 1.165) is 23.5 Å². The Morgan fingerprint density at radius 2 is 2.24 bits per heavy atom. The standard InChI is InChI=1S/C13H20FNOS/c1-3-17-8-4-7-16-13-6-5-11(14)9-12(13)10(2)15/h5-6,9-10H,3-4,7-8,15H2,1-2H3. The maximum absolute atomic E-state index is 13.1. The third kappa shape index (κ3) is 4.96. The first-order chi connectivity index (χ1) is 8.15. The van der Waals surface area contributed by atoms with Crippen LogP contribution in [0.25, 0.3) is 0 Å². The van der Waals surface area contributed by atoms with Crippen molar-refractivity contribution < 1.29 is 9.13 Å². The minimum Gasteiger partial charge on any atom is -0.493 e. The minimum atomic E-state index is -0.272. The van der Waals surface area contributed by atoms with Crippen molar-refractivity contribution in [3.63, 3.8) is 0 Å². The molecule has 0 aliphatic carbocycles. The Hall–Kier alpha value is -0.740. The van der Waals surface area contributed by atoms with Crippen molar-refractivity contribution in [3.8, 4) is 5.75 Å². The zero-order valence-corrected chi connectivity index (χ0v) is 11.2. The fourth-order valence-corrected chi connectivity index (χ4v) is 2.10. The van der Waals surface area contributed by atoms with Gasteiger partial charge in [-0.05, 0) is 43.0 Å². The van der Waals surface area contributed by atoms with Crippen molar-refractivity contribution in [2.45, 2.75) is 26.3 Å². The Morgan fingerprint density at radius 1 is 1.47 bits per heavy atom. The molecule has 0 aromatic heterocycles. The maximum Gasteiger partial charge on any atom is 0.124 e. The van der Waals surface area contributed by atoms with Crippen LogP contribution in [0.5, 0.6) is 5.75 Å². The van der Waals surface area contributed by atoms with Crippen LogP contribution in [0.2, 0.25) is 0 Å². The zero-order valence-electron chi connectivity index (χ0n) is 10.4. The zero-order chi connectivity index (χ0) is 12.7. The number of ether oxygens (including phenoxy) is 1. The van der Waals surface area contributed by atoms with Crippen LogP contribution in [0, 0.1) is 5.82 Å². The number of rotatable bonds is 7. The summed E-state index contributed by atoms with van der Waals surface area (Å²) in [5, 5.41) is 0. The van der Waals surface area contributed by atoms with Crippen molar-refractivity contribution >= 4 is 11.8 Å². The van der Waals surface area contributed by atoms with Crippen LogP contribution >= 0.6 is 11.8 Å². The second-order valence-electron chi connectivity index (χ2n) is 3.87. The molecular formula is C13H20FNOS. The summed E-state index contributed by atoms with van der Waals surface area (Å²) in [5.41, 5.74) is 6.51. The topological polar surface area (TPSA) is 35.2 Å². The second kappa shape index (κ2) is 7.56. The molecule has 96 valence electrons. The molecular weight excluding hydrogens is 237 g/mol. The van der Waals surface area contributed by atoms with Gasteiger partial charge in [0.25, 0.3) is 0 Å². The lowest BCUT2D eigenvalue weighted by Crippen LogP contribution is -2.09. The number of benzene rings is 1. The van der Waals surface area contributed by atoms with E-state index < -0.39 is 0 Å². The summed E-state index contributed by atoms with van der Waals surface area (Å²) in [6.45, 7) is 4.62. The molecule has 1 aromatic carbocycles. The molecule has 0 saturated heterocycles. The van der Waals surface area contributed by atoms with Crippen LogP contribution in [0.1, 0.15) is 31.9 Å². The van der Waals surface area contributed by atoms with Gasteiger partial charge >= 0.3 is 0 Å². The highest BCUT2D eigenvalue weighted by Crippen LogP contribution is 2.24. The van der Waals surface area contributed by atoms with E-state index in [0.29, 0.717) is 12.4 Å². The molecule has 0 radical (unpaired) electrons. The highest BCUT2D eigenvalue weighted by Gasteiger charge is 2.09. The lowest BCUT2D eigenvalue weighted by atomic mass is 10.1. The van der Waals surface area contributed by atoms with Crippen LogP contribution in [0.4, 0.5) is 4.39 Å². The Labute approximate surface area is 107 Å². The summed E-state index contributed by atoms with van der Waals surface area (Å²) in [4.78, 5) is 0. The Bertz CT molecular complexity index is 344. The fraction of sp³-hybridized carbons (Fsp3) is 0.538. The first kappa shape index (κ1) is 14.3. The first-order valence-corrected chi connectivity index (χ1v) is 7.06. The van der Waals surface area contributed by atoms with Crippen molar-refractivity contribution in [1.82, 2.24) is 0 Å². The average Bonchev–Trinajstić information content (AvgIpc) is 2.30. The quantitative estimate of drug-likeness (QED) is 0.761. The van der Waals surface area contributed by atoms with Gasteiger partial charge in [-0.1, -0.05) is 6.92 Å². The van der Waals surface area contributed by atoms with Crippen LogP contribution in [-0.4, -0.2) is 18.1 Å². The minimum absolute atomic E-state index is 0.217. The van der Waals surface area contributed by atoms with Gasteiger partial charge in [0.1, 0.15) is 11.6 Å². The van der Waals surface area contributed by atoms with E-state index in [1.165, 1.54) is 12.1 Å². The molecule has 1 rings (SSSR count). The SMILES string of the molecule is CCSCCCOc1ccc(F)cc1C(C)N. The number of thioether (sulfide) groups is 1. The number of hydrogen-bond acceptors (Lipinski definition) is 3. The lowest BCUT2D eigenvalue weighted by Gasteiger charge is -2.14. The van der Waals surface area contributed by atoms with E-state index in [1.54, 1.807) is 6.07 Å². The van der Waals surface area contributed by atoms with Gasteiger partial charge in [-0.25, -0.2) is 4.39 Å². The van der Waals surface area contributed by atoms with E-state index in [2.05, 4.69) is 6.92 Å². The molecule has 0 aliphatic rings. The fourth-order valence-electron chi connectivity index (χ4n) is 1.49. The summed E-state index contributed by atoms with van der Waals surface area (Å²) in [6.07, 6.45) is 0.994. The molecule has 1 atom stereocenters. The third-order valence-electron chi connectivity index (χ3n) is 2.36. The molecule has 17 heavy (non-hydrogen) atoms. The van der Waals surface area contributed by atoms with E-state index in [9.17, 15) is 4.39 Å². The van der Waals surface area contributed by atoms with Crippen LogP contribution < -0.4 is 10.5 Å². The third-order valence-corrected chi connectivity index (χ3v) is 3.34. The summed E-state index contributed by atoms with van der Waals surface area (Å²) in [6, 6.07) is 4.29. The number of nitrogens with two attached hydrogens (primary N) is 1. The smallest absolute Gasteiger partial charge is 0.124 e. The van der Waals surface area contributed by atoms with Gasteiger partial charge in [0.15, 0.2) is 0 Å². The van der Waals surface area contributed by atoms with Gasteiger partial charge in [0.05, 0.1) is 6.61 Å². The molecule has 1 aromatic rings. The number of halogens is 1. The molecule has 2 N–H and O–H groups in total. The van der Waals surface area contributed by atoms with E-state index in [4.69, 9.17) is 10.5 Å².